The number of benzene rings is 1. The van der Waals surface area contributed by atoms with Crippen LogP contribution in [0.4, 0.5) is 13.2 Å². The van der Waals surface area contributed by atoms with Crippen LogP contribution < -0.4 is 10.3 Å². The highest BCUT2D eigenvalue weighted by Gasteiger charge is 2.34. The van der Waals surface area contributed by atoms with Gasteiger partial charge in [-0.1, -0.05) is 6.07 Å². The maximum absolute atomic E-state index is 13.1. The summed E-state index contributed by atoms with van der Waals surface area (Å²) in [7, 11) is 1.38. The number of fused-ring (bicyclic) bond motifs is 2. The van der Waals surface area contributed by atoms with Crippen molar-refractivity contribution in [3.63, 3.8) is 0 Å². The van der Waals surface area contributed by atoms with Crippen molar-refractivity contribution < 1.29 is 17.9 Å². The molecule has 0 atom stereocenters. The average Bonchev–Trinajstić information content (AvgIpc) is 3.06. The Bertz CT molecular complexity index is 1190. The predicted molar refractivity (Wildman–Crippen MR) is 90.3 cm³/mol. The largest absolute Gasteiger partial charge is 0.493 e. The summed E-state index contributed by atoms with van der Waals surface area (Å²) in [6.45, 7) is 0. The van der Waals surface area contributed by atoms with Gasteiger partial charge in [0.05, 0.1) is 12.8 Å². The van der Waals surface area contributed by atoms with Crippen LogP contribution in [0.25, 0.3) is 27.8 Å². The minimum absolute atomic E-state index is 0.0823. The van der Waals surface area contributed by atoms with Gasteiger partial charge >= 0.3 is 6.18 Å². The highest BCUT2D eigenvalue weighted by atomic mass is 19.4. The molecule has 0 saturated heterocycles. The van der Waals surface area contributed by atoms with Gasteiger partial charge in [0.2, 0.25) is 5.56 Å². The standard InChI is InChI=1S/C18H12F3N3O2/c1-26-14-6-5-13(24-9-15(18(19,20)21)23-17(14)24)11-2-4-12-10(8-11)3-7-16(25)22-12/h2-9H,1H3,(H,22,25). The molecule has 0 saturated carbocycles. The van der Waals surface area contributed by atoms with Gasteiger partial charge in [0.15, 0.2) is 17.1 Å². The van der Waals surface area contributed by atoms with Gasteiger partial charge in [-0.15, -0.1) is 0 Å². The SMILES string of the molecule is COc1ccc(-c2ccc3[nH]c(=O)ccc3c2)n2cc(C(F)(F)F)nc12. The molecule has 0 aliphatic carbocycles. The molecule has 0 fully saturated rings. The molecule has 26 heavy (non-hydrogen) atoms. The lowest BCUT2D eigenvalue weighted by Crippen LogP contribution is -2.04. The van der Waals surface area contributed by atoms with Crippen LogP contribution in [-0.2, 0) is 6.18 Å². The fourth-order valence-corrected chi connectivity index (χ4v) is 2.89. The molecule has 4 rings (SSSR count). The molecule has 8 heteroatoms. The Morgan fingerprint density at radius 3 is 2.65 bits per heavy atom. The Balaban J connectivity index is 1.98. The number of alkyl halides is 3. The van der Waals surface area contributed by atoms with Crippen molar-refractivity contribution in [1.82, 2.24) is 14.4 Å². The minimum Gasteiger partial charge on any atom is -0.493 e. The lowest BCUT2D eigenvalue weighted by molar-refractivity contribution is -0.140. The first kappa shape index (κ1) is 16.2. The Labute approximate surface area is 144 Å². The lowest BCUT2D eigenvalue weighted by Gasteiger charge is -2.09. The van der Waals surface area contributed by atoms with E-state index in [1.54, 1.807) is 36.4 Å². The van der Waals surface area contributed by atoms with Crippen LogP contribution in [0.1, 0.15) is 5.69 Å². The number of nitrogens with zero attached hydrogens (tertiary/aromatic N) is 2. The number of nitrogens with one attached hydrogen (secondary N) is 1. The molecule has 0 radical (unpaired) electrons. The van der Waals surface area contributed by atoms with Crippen LogP contribution >= 0.6 is 0 Å². The fraction of sp³-hybridized carbons (Fsp3) is 0.111. The Kier molecular flexibility index (Phi) is 3.50. The molecule has 0 amide bonds. The lowest BCUT2D eigenvalue weighted by atomic mass is 10.1. The van der Waals surface area contributed by atoms with E-state index in [0.29, 0.717) is 16.8 Å². The van der Waals surface area contributed by atoms with Gasteiger partial charge in [0.25, 0.3) is 0 Å². The van der Waals surface area contributed by atoms with E-state index in [1.165, 1.54) is 17.6 Å². The summed E-state index contributed by atoms with van der Waals surface area (Å²) in [5, 5.41) is 0.766. The fourth-order valence-electron chi connectivity index (χ4n) is 2.89. The van der Waals surface area contributed by atoms with Crippen LogP contribution in [0.15, 0.2) is 53.5 Å². The summed E-state index contributed by atoms with van der Waals surface area (Å²) >= 11 is 0. The molecule has 1 N–H and O–H groups in total. The van der Waals surface area contributed by atoms with E-state index in [9.17, 15) is 18.0 Å². The van der Waals surface area contributed by atoms with E-state index in [1.807, 2.05) is 0 Å². The van der Waals surface area contributed by atoms with E-state index in [-0.39, 0.29) is 17.0 Å². The number of aromatic amines is 1. The molecule has 0 aliphatic heterocycles. The van der Waals surface area contributed by atoms with E-state index in [2.05, 4.69) is 9.97 Å². The number of hydrogen-bond donors (Lipinski definition) is 1. The van der Waals surface area contributed by atoms with Crippen LogP contribution in [0.5, 0.6) is 5.75 Å². The maximum atomic E-state index is 13.1. The van der Waals surface area contributed by atoms with Crippen molar-refractivity contribution in [2.24, 2.45) is 0 Å². The molecule has 0 bridgehead atoms. The molecule has 3 aromatic heterocycles. The minimum atomic E-state index is -4.56. The monoisotopic (exact) mass is 359 g/mol. The summed E-state index contributed by atoms with van der Waals surface area (Å²) < 4.78 is 45.8. The predicted octanol–water partition coefficient (Wildman–Crippen LogP) is 3.87. The number of halogens is 3. The number of ether oxygens (including phenoxy) is 1. The van der Waals surface area contributed by atoms with Crippen LogP contribution in [0, 0.1) is 0 Å². The van der Waals surface area contributed by atoms with Crippen LogP contribution in [0.2, 0.25) is 0 Å². The Morgan fingerprint density at radius 1 is 1.12 bits per heavy atom. The van der Waals surface area contributed by atoms with Gasteiger partial charge < -0.3 is 9.72 Å². The van der Waals surface area contributed by atoms with Crippen molar-refractivity contribution in [2.45, 2.75) is 6.18 Å². The second-order valence-corrected chi connectivity index (χ2v) is 5.73. The second kappa shape index (κ2) is 5.62. The van der Waals surface area contributed by atoms with Crippen molar-refractivity contribution in [3.05, 3.63) is 64.7 Å². The molecule has 1 aromatic carbocycles. The topological polar surface area (TPSA) is 59.4 Å². The summed E-state index contributed by atoms with van der Waals surface area (Å²) in [6.07, 6.45) is -3.61. The normalized spacial score (nSPS) is 12.0. The number of hydrogen-bond acceptors (Lipinski definition) is 3. The average molecular weight is 359 g/mol. The molecule has 0 spiro atoms. The van der Waals surface area contributed by atoms with E-state index in [0.717, 1.165) is 11.6 Å². The van der Waals surface area contributed by atoms with Crippen LogP contribution in [0.3, 0.4) is 0 Å². The zero-order chi connectivity index (χ0) is 18.5. The van der Waals surface area contributed by atoms with Crippen molar-refractivity contribution >= 4 is 16.6 Å². The van der Waals surface area contributed by atoms with Crippen molar-refractivity contribution in [1.29, 1.82) is 0 Å². The molecule has 3 heterocycles. The smallest absolute Gasteiger partial charge is 0.434 e. The second-order valence-electron chi connectivity index (χ2n) is 5.73. The zero-order valence-electron chi connectivity index (χ0n) is 13.5. The molecule has 5 nitrogen and oxygen atoms in total. The number of pyridine rings is 2. The molecule has 0 aliphatic rings. The number of H-pyrrole nitrogens is 1. The van der Waals surface area contributed by atoms with Gasteiger partial charge in [-0.2, -0.15) is 13.2 Å². The first-order chi connectivity index (χ1) is 12.4. The van der Waals surface area contributed by atoms with Gasteiger partial charge in [-0.3, -0.25) is 9.20 Å². The molecular formula is C18H12F3N3O2. The number of methoxy groups -OCH3 is 1. The summed E-state index contributed by atoms with van der Waals surface area (Å²) in [6, 6.07) is 11.5. The summed E-state index contributed by atoms with van der Waals surface area (Å²) in [5.74, 6) is 0.245. The molecule has 0 unspecified atom stereocenters. The quantitative estimate of drug-likeness (QED) is 0.591. The van der Waals surface area contributed by atoms with Gasteiger partial charge in [0.1, 0.15) is 0 Å². The third-order valence-corrected chi connectivity index (χ3v) is 4.11. The Hall–Kier alpha value is -3.29. The Morgan fingerprint density at radius 2 is 1.92 bits per heavy atom. The molecule has 4 aromatic rings. The number of imidazole rings is 1. The van der Waals surface area contributed by atoms with Gasteiger partial charge in [-0.05, 0) is 41.3 Å². The van der Waals surface area contributed by atoms with Gasteiger partial charge in [0, 0.05) is 17.8 Å². The van der Waals surface area contributed by atoms with Crippen LogP contribution in [-0.4, -0.2) is 21.5 Å². The summed E-state index contributed by atoms with van der Waals surface area (Å²) in [4.78, 5) is 17.8. The third kappa shape index (κ3) is 2.59. The first-order valence-corrected chi connectivity index (χ1v) is 7.63. The molecular weight excluding hydrogens is 347 g/mol. The van der Waals surface area contributed by atoms with E-state index >= 15 is 0 Å². The number of rotatable bonds is 2. The summed E-state index contributed by atoms with van der Waals surface area (Å²) in [5.41, 5.74) is 0.724. The van der Waals surface area contributed by atoms with Gasteiger partial charge in [-0.25, -0.2) is 4.98 Å². The highest BCUT2D eigenvalue weighted by Crippen LogP contribution is 2.34. The zero-order valence-corrected chi connectivity index (χ0v) is 13.5. The number of aromatic nitrogens is 3. The third-order valence-electron chi connectivity index (χ3n) is 4.11. The van der Waals surface area contributed by atoms with Crippen molar-refractivity contribution in [3.8, 4) is 17.0 Å². The molecule has 132 valence electrons. The first-order valence-electron chi connectivity index (χ1n) is 7.63. The van der Waals surface area contributed by atoms with Crippen molar-refractivity contribution in [2.75, 3.05) is 7.11 Å². The maximum Gasteiger partial charge on any atom is 0.434 e. The highest BCUT2D eigenvalue weighted by molar-refractivity contribution is 5.84. The van der Waals surface area contributed by atoms with E-state index < -0.39 is 11.9 Å². The van der Waals surface area contributed by atoms with E-state index in [4.69, 9.17) is 4.74 Å².